The van der Waals surface area contributed by atoms with Gasteiger partial charge >= 0.3 is 0 Å². The van der Waals surface area contributed by atoms with Gasteiger partial charge in [0.05, 0.1) is 23.3 Å². The van der Waals surface area contributed by atoms with Gasteiger partial charge in [-0.3, -0.25) is 0 Å². The zero-order valence-electron chi connectivity index (χ0n) is 16.1. The van der Waals surface area contributed by atoms with Crippen LogP contribution in [0.2, 0.25) is 10.0 Å². The van der Waals surface area contributed by atoms with Crippen molar-refractivity contribution in [2.24, 2.45) is 0 Å². The molecule has 0 radical (unpaired) electrons. The van der Waals surface area contributed by atoms with Crippen LogP contribution in [0.15, 0.2) is 66.7 Å². The molecule has 3 rings (SSSR count). The van der Waals surface area contributed by atoms with Gasteiger partial charge in [0.2, 0.25) is 0 Å². The number of halogens is 2. The molecule has 3 aromatic carbocycles. The monoisotopic (exact) mass is 431 g/mol. The molecule has 0 saturated carbocycles. The van der Waals surface area contributed by atoms with E-state index in [-0.39, 0.29) is 0 Å². The van der Waals surface area contributed by atoms with Crippen LogP contribution in [0.3, 0.4) is 0 Å². The molecule has 0 saturated heterocycles. The molecule has 0 bridgehead atoms. The van der Waals surface area contributed by atoms with Crippen molar-refractivity contribution in [3.8, 4) is 11.5 Å². The zero-order chi connectivity index (χ0) is 20.6. The average Bonchev–Trinajstić information content (AvgIpc) is 2.75. The zero-order valence-corrected chi connectivity index (χ0v) is 17.6. The van der Waals surface area contributed by atoms with Gasteiger partial charge in [-0.05, 0) is 29.3 Å². The van der Waals surface area contributed by atoms with E-state index in [0.717, 1.165) is 16.7 Å². The predicted octanol–water partition coefficient (Wildman–Crippen LogP) is 5.40. The minimum Gasteiger partial charge on any atom is -0.493 e. The van der Waals surface area contributed by atoms with Crippen LogP contribution >= 0.6 is 23.2 Å². The summed E-state index contributed by atoms with van der Waals surface area (Å²) in [6, 6.07) is 20.7. The van der Waals surface area contributed by atoms with E-state index in [9.17, 15) is 5.11 Å². The number of nitrogens with one attached hydrogen (secondary N) is 1. The number of aliphatic hydroxyl groups excluding tert-OH is 1. The van der Waals surface area contributed by atoms with Gasteiger partial charge in [0, 0.05) is 18.7 Å². The number of rotatable bonds is 9. The van der Waals surface area contributed by atoms with E-state index < -0.39 is 6.10 Å². The number of methoxy groups -OCH3 is 1. The normalized spacial score (nSPS) is 11.9. The summed E-state index contributed by atoms with van der Waals surface area (Å²) in [4.78, 5) is 0. The Labute approximate surface area is 181 Å². The van der Waals surface area contributed by atoms with Crippen molar-refractivity contribution in [2.45, 2.75) is 19.3 Å². The van der Waals surface area contributed by atoms with E-state index in [2.05, 4.69) is 5.32 Å². The fourth-order valence-electron chi connectivity index (χ4n) is 2.95. The third-order valence-corrected chi connectivity index (χ3v) is 5.22. The van der Waals surface area contributed by atoms with Crippen molar-refractivity contribution in [2.75, 3.05) is 13.7 Å². The summed E-state index contributed by atoms with van der Waals surface area (Å²) in [6.07, 6.45) is -0.581. The largest absolute Gasteiger partial charge is 0.493 e. The summed E-state index contributed by atoms with van der Waals surface area (Å²) in [5, 5.41) is 14.6. The molecule has 0 amide bonds. The maximum atomic E-state index is 10.3. The van der Waals surface area contributed by atoms with Gasteiger partial charge in [0.15, 0.2) is 11.5 Å². The van der Waals surface area contributed by atoms with Gasteiger partial charge in [-0.1, -0.05) is 71.7 Å². The minimum absolute atomic E-state index is 0.330. The van der Waals surface area contributed by atoms with Gasteiger partial charge in [0.1, 0.15) is 6.61 Å². The lowest BCUT2D eigenvalue weighted by Crippen LogP contribution is -2.21. The summed E-state index contributed by atoms with van der Waals surface area (Å²) in [5.74, 6) is 1.30. The Morgan fingerprint density at radius 1 is 0.966 bits per heavy atom. The van der Waals surface area contributed by atoms with Crippen LogP contribution in [0.25, 0.3) is 0 Å². The van der Waals surface area contributed by atoms with Crippen LogP contribution in [0.4, 0.5) is 0 Å². The maximum absolute atomic E-state index is 10.3. The van der Waals surface area contributed by atoms with Gasteiger partial charge < -0.3 is 19.9 Å². The Balaban J connectivity index is 1.66. The van der Waals surface area contributed by atoms with Crippen molar-refractivity contribution in [3.63, 3.8) is 0 Å². The summed E-state index contributed by atoms with van der Waals surface area (Å²) in [5.41, 5.74) is 2.72. The summed E-state index contributed by atoms with van der Waals surface area (Å²) in [7, 11) is 1.61. The van der Waals surface area contributed by atoms with Crippen molar-refractivity contribution in [1.29, 1.82) is 0 Å². The third-order valence-electron chi connectivity index (χ3n) is 4.49. The lowest BCUT2D eigenvalue weighted by Gasteiger charge is -2.17. The Kier molecular flexibility index (Phi) is 7.78. The molecule has 0 fully saturated rings. The Morgan fingerprint density at radius 3 is 2.48 bits per heavy atom. The molecule has 0 aliphatic heterocycles. The SMILES string of the molecule is COc1cccc(CNC[C@H](O)c2ccccc2)c1OCc1ccc(Cl)c(Cl)c1. The second-order valence-electron chi connectivity index (χ2n) is 6.54. The third kappa shape index (κ3) is 5.87. The number of ether oxygens (including phenoxy) is 2. The molecule has 1 atom stereocenters. The Bertz CT molecular complexity index is 935. The van der Waals surface area contributed by atoms with E-state index in [1.807, 2.05) is 54.6 Å². The second kappa shape index (κ2) is 10.5. The highest BCUT2D eigenvalue weighted by atomic mass is 35.5. The number of aliphatic hydroxyl groups is 1. The number of para-hydroxylation sites is 1. The smallest absolute Gasteiger partial charge is 0.166 e. The molecule has 29 heavy (non-hydrogen) atoms. The van der Waals surface area contributed by atoms with Gasteiger partial charge in [-0.15, -0.1) is 0 Å². The van der Waals surface area contributed by atoms with Gasteiger partial charge in [-0.25, -0.2) is 0 Å². The fourth-order valence-corrected chi connectivity index (χ4v) is 3.27. The molecular weight excluding hydrogens is 409 g/mol. The van der Waals surface area contributed by atoms with E-state index >= 15 is 0 Å². The molecule has 0 aliphatic rings. The van der Waals surface area contributed by atoms with E-state index in [1.54, 1.807) is 19.2 Å². The number of hydrogen-bond donors (Lipinski definition) is 2. The second-order valence-corrected chi connectivity index (χ2v) is 7.36. The van der Waals surface area contributed by atoms with Crippen molar-refractivity contribution in [3.05, 3.63) is 93.5 Å². The standard InChI is InChI=1S/C23H23Cl2NO3/c1-28-22-9-5-8-18(13-26-14-21(27)17-6-3-2-4-7-17)23(22)29-15-16-10-11-19(24)20(25)12-16/h2-12,21,26-27H,13-15H2,1H3/t21-/m0/s1. The van der Waals surface area contributed by atoms with E-state index in [4.69, 9.17) is 32.7 Å². The van der Waals surface area contributed by atoms with Crippen LogP contribution < -0.4 is 14.8 Å². The summed E-state index contributed by atoms with van der Waals surface area (Å²) in [6.45, 7) is 1.28. The van der Waals surface area contributed by atoms with Crippen LogP contribution in [0.5, 0.6) is 11.5 Å². The molecule has 2 N–H and O–H groups in total. The highest BCUT2D eigenvalue weighted by Gasteiger charge is 2.13. The van der Waals surface area contributed by atoms with Crippen LogP contribution in [-0.4, -0.2) is 18.8 Å². The van der Waals surface area contributed by atoms with Crippen LogP contribution in [-0.2, 0) is 13.2 Å². The summed E-state index contributed by atoms with van der Waals surface area (Å²) < 4.78 is 11.5. The first-order valence-electron chi connectivity index (χ1n) is 9.25. The first kappa shape index (κ1) is 21.5. The quantitative estimate of drug-likeness (QED) is 0.475. The Hall–Kier alpha value is -2.24. The van der Waals surface area contributed by atoms with Gasteiger partial charge in [-0.2, -0.15) is 0 Å². The molecule has 0 heterocycles. The molecule has 4 nitrogen and oxygen atoms in total. The molecule has 0 spiro atoms. The highest BCUT2D eigenvalue weighted by molar-refractivity contribution is 6.42. The van der Waals surface area contributed by atoms with Gasteiger partial charge in [0.25, 0.3) is 0 Å². The maximum Gasteiger partial charge on any atom is 0.166 e. The van der Waals surface area contributed by atoms with Crippen LogP contribution in [0, 0.1) is 0 Å². The fraction of sp³-hybridized carbons (Fsp3) is 0.217. The molecule has 152 valence electrons. The molecule has 6 heteroatoms. The number of benzene rings is 3. The summed E-state index contributed by atoms with van der Waals surface area (Å²) >= 11 is 12.1. The Morgan fingerprint density at radius 2 is 1.76 bits per heavy atom. The molecular formula is C23H23Cl2NO3. The highest BCUT2D eigenvalue weighted by Crippen LogP contribution is 2.32. The molecule has 0 unspecified atom stereocenters. The van der Waals surface area contributed by atoms with Crippen molar-refractivity contribution < 1.29 is 14.6 Å². The lowest BCUT2D eigenvalue weighted by atomic mass is 10.1. The molecule has 3 aromatic rings. The average molecular weight is 432 g/mol. The van der Waals surface area contributed by atoms with Crippen molar-refractivity contribution >= 4 is 23.2 Å². The predicted molar refractivity (Wildman–Crippen MR) is 117 cm³/mol. The van der Waals surface area contributed by atoms with Crippen molar-refractivity contribution in [1.82, 2.24) is 5.32 Å². The lowest BCUT2D eigenvalue weighted by molar-refractivity contribution is 0.174. The number of hydrogen-bond acceptors (Lipinski definition) is 4. The first-order valence-corrected chi connectivity index (χ1v) is 10.0. The molecule has 0 aromatic heterocycles. The minimum atomic E-state index is -0.581. The van der Waals surface area contributed by atoms with E-state index in [0.29, 0.717) is 41.2 Å². The topological polar surface area (TPSA) is 50.7 Å². The molecule has 0 aliphatic carbocycles. The first-order chi connectivity index (χ1) is 14.1. The van der Waals surface area contributed by atoms with E-state index in [1.165, 1.54) is 0 Å². The van der Waals surface area contributed by atoms with Crippen LogP contribution in [0.1, 0.15) is 22.8 Å².